The van der Waals surface area contributed by atoms with Crippen LogP contribution in [0.3, 0.4) is 0 Å². The topological polar surface area (TPSA) is 55.1 Å². The Balaban J connectivity index is 2.47. The Morgan fingerprint density at radius 2 is 2.17 bits per heavy atom. The summed E-state index contributed by atoms with van der Waals surface area (Å²) in [6.45, 7) is 3.39. The van der Waals surface area contributed by atoms with Crippen molar-refractivity contribution in [3.63, 3.8) is 0 Å². The number of aromatic nitrogens is 2. The average molecular weight is 267 g/mol. The van der Waals surface area contributed by atoms with Gasteiger partial charge in [0.1, 0.15) is 5.82 Å². The fourth-order valence-corrected chi connectivity index (χ4v) is 2.01. The summed E-state index contributed by atoms with van der Waals surface area (Å²) < 4.78 is 1.89. The maximum absolute atomic E-state index is 11.1. The first-order valence-electron chi connectivity index (χ1n) is 5.65. The second kappa shape index (κ2) is 4.28. The van der Waals surface area contributed by atoms with E-state index in [2.05, 4.69) is 4.98 Å². The molecule has 0 unspecified atom stereocenters. The van der Waals surface area contributed by atoms with Gasteiger partial charge in [-0.15, -0.1) is 0 Å². The Kier molecular flexibility index (Phi) is 3.07. The Labute approximate surface area is 110 Å². The van der Waals surface area contributed by atoms with E-state index in [-0.39, 0.29) is 0 Å². The van der Waals surface area contributed by atoms with Crippen molar-refractivity contribution >= 4 is 28.6 Å². The zero-order chi connectivity index (χ0) is 13.5. The molecular formula is C13H15ClN2O2. The molecule has 1 aromatic carbocycles. The second-order valence-electron chi connectivity index (χ2n) is 5.09. The van der Waals surface area contributed by atoms with E-state index in [1.807, 2.05) is 23.7 Å². The monoisotopic (exact) mass is 266 g/mol. The van der Waals surface area contributed by atoms with Crippen LogP contribution in [0.25, 0.3) is 11.0 Å². The molecule has 0 saturated heterocycles. The van der Waals surface area contributed by atoms with E-state index in [0.29, 0.717) is 11.4 Å². The van der Waals surface area contributed by atoms with E-state index in [0.717, 1.165) is 16.9 Å². The van der Waals surface area contributed by atoms with Crippen LogP contribution in [0, 0.1) is 5.41 Å². The standard InChI is InChI=1S/C13H15ClN2O2/c1-13(2,12(17)18)7-11-15-9-5-4-8(14)6-10(9)16(11)3/h4-6H,7H2,1-3H3,(H,17,18). The first-order chi connectivity index (χ1) is 8.31. The van der Waals surface area contributed by atoms with Crippen LogP contribution in [0.4, 0.5) is 0 Å². The summed E-state index contributed by atoms with van der Waals surface area (Å²) in [6, 6.07) is 5.46. The quantitative estimate of drug-likeness (QED) is 0.929. The highest BCUT2D eigenvalue weighted by Crippen LogP contribution is 2.25. The largest absolute Gasteiger partial charge is 0.481 e. The molecule has 0 aliphatic heterocycles. The fourth-order valence-electron chi connectivity index (χ4n) is 1.84. The number of carboxylic acids is 1. The molecule has 96 valence electrons. The molecule has 0 bridgehead atoms. The summed E-state index contributed by atoms with van der Waals surface area (Å²) in [5.74, 6) is -0.0766. The van der Waals surface area contributed by atoms with Gasteiger partial charge in [0.2, 0.25) is 0 Å². The zero-order valence-corrected chi connectivity index (χ0v) is 11.3. The van der Waals surface area contributed by atoms with E-state index >= 15 is 0 Å². The van der Waals surface area contributed by atoms with Crippen LogP contribution in [0.5, 0.6) is 0 Å². The van der Waals surface area contributed by atoms with Gasteiger partial charge in [-0.2, -0.15) is 0 Å². The van der Waals surface area contributed by atoms with E-state index in [1.165, 1.54) is 0 Å². The third-order valence-corrected chi connectivity index (χ3v) is 3.35. The van der Waals surface area contributed by atoms with Crippen LogP contribution < -0.4 is 0 Å². The van der Waals surface area contributed by atoms with Gasteiger partial charge in [-0.1, -0.05) is 11.6 Å². The second-order valence-corrected chi connectivity index (χ2v) is 5.52. The molecule has 2 aromatic rings. The van der Waals surface area contributed by atoms with Gasteiger partial charge in [0.15, 0.2) is 0 Å². The number of hydrogen-bond acceptors (Lipinski definition) is 2. The van der Waals surface area contributed by atoms with Crippen molar-refractivity contribution in [3.8, 4) is 0 Å². The predicted octanol–water partition coefficient (Wildman–Crippen LogP) is 2.88. The Hall–Kier alpha value is -1.55. The van der Waals surface area contributed by atoms with E-state index in [1.54, 1.807) is 19.9 Å². The molecule has 0 amide bonds. The molecule has 2 rings (SSSR count). The van der Waals surface area contributed by atoms with Crippen LogP contribution in [0.1, 0.15) is 19.7 Å². The number of benzene rings is 1. The molecule has 1 heterocycles. The van der Waals surface area contributed by atoms with Crippen LogP contribution in [-0.4, -0.2) is 20.6 Å². The predicted molar refractivity (Wildman–Crippen MR) is 70.8 cm³/mol. The SMILES string of the molecule is Cn1c(CC(C)(C)C(=O)O)nc2ccc(Cl)cc21. The number of imidazole rings is 1. The summed E-state index contributed by atoms with van der Waals surface area (Å²) in [6.07, 6.45) is 0.380. The minimum absolute atomic E-state index is 0.380. The molecular weight excluding hydrogens is 252 g/mol. The van der Waals surface area contributed by atoms with Crippen molar-refractivity contribution in [2.24, 2.45) is 12.5 Å². The molecule has 0 aliphatic rings. The Bertz CT molecular complexity index is 617. The number of nitrogens with zero attached hydrogens (tertiary/aromatic N) is 2. The van der Waals surface area contributed by atoms with Crippen LogP contribution in [0.15, 0.2) is 18.2 Å². The highest BCUT2D eigenvalue weighted by molar-refractivity contribution is 6.31. The van der Waals surface area contributed by atoms with Gasteiger partial charge in [-0.3, -0.25) is 4.79 Å². The molecule has 0 aliphatic carbocycles. The van der Waals surface area contributed by atoms with Crippen molar-refractivity contribution in [2.45, 2.75) is 20.3 Å². The highest BCUT2D eigenvalue weighted by Gasteiger charge is 2.29. The minimum Gasteiger partial charge on any atom is -0.481 e. The smallest absolute Gasteiger partial charge is 0.309 e. The van der Waals surface area contributed by atoms with Gasteiger partial charge in [-0.05, 0) is 32.0 Å². The van der Waals surface area contributed by atoms with Crippen molar-refractivity contribution in [1.82, 2.24) is 9.55 Å². The molecule has 0 fully saturated rings. The summed E-state index contributed by atoms with van der Waals surface area (Å²) in [4.78, 5) is 15.6. The van der Waals surface area contributed by atoms with Crippen molar-refractivity contribution in [2.75, 3.05) is 0 Å². The maximum Gasteiger partial charge on any atom is 0.309 e. The van der Waals surface area contributed by atoms with Gasteiger partial charge in [-0.25, -0.2) is 4.98 Å². The normalized spacial score (nSPS) is 12.0. The van der Waals surface area contributed by atoms with Gasteiger partial charge >= 0.3 is 5.97 Å². The first-order valence-corrected chi connectivity index (χ1v) is 6.03. The molecule has 0 spiro atoms. The summed E-state index contributed by atoms with van der Waals surface area (Å²) in [7, 11) is 1.87. The lowest BCUT2D eigenvalue weighted by Gasteiger charge is -2.18. The number of carbonyl (C=O) groups is 1. The number of aliphatic carboxylic acids is 1. The minimum atomic E-state index is -0.834. The lowest BCUT2D eigenvalue weighted by atomic mass is 9.89. The molecule has 0 saturated carbocycles. The number of aryl methyl sites for hydroxylation is 1. The Morgan fingerprint density at radius 1 is 1.50 bits per heavy atom. The number of fused-ring (bicyclic) bond motifs is 1. The molecule has 1 aromatic heterocycles. The number of hydrogen-bond donors (Lipinski definition) is 1. The molecule has 0 radical (unpaired) electrons. The molecule has 1 N–H and O–H groups in total. The van der Waals surface area contributed by atoms with Crippen LogP contribution in [0.2, 0.25) is 5.02 Å². The van der Waals surface area contributed by atoms with Gasteiger partial charge in [0, 0.05) is 18.5 Å². The molecule has 0 atom stereocenters. The highest BCUT2D eigenvalue weighted by atomic mass is 35.5. The van der Waals surface area contributed by atoms with Gasteiger partial charge in [0.05, 0.1) is 16.4 Å². The van der Waals surface area contributed by atoms with Crippen LogP contribution in [-0.2, 0) is 18.3 Å². The summed E-state index contributed by atoms with van der Waals surface area (Å²) in [5, 5.41) is 9.80. The number of carboxylic acid groups (broad SMARTS) is 1. The lowest BCUT2D eigenvalue weighted by molar-refractivity contribution is -0.146. The van der Waals surface area contributed by atoms with Crippen molar-refractivity contribution < 1.29 is 9.90 Å². The van der Waals surface area contributed by atoms with Gasteiger partial charge < -0.3 is 9.67 Å². The first kappa shape index (κ1) is 12.9. The number of rotatable bonds is 3. The van der Waals surface area contributed by atoms with E-state index in [4.69, 9.17) is 16.7 Å². The third kappa shape index (κ3) is 2.20. The van der Waals surface area contributed by atoms with Crippen LogP contribution >= 0.6 is 11.6 Å². The van der Waals surface area contributed by atoms with Gasteiger partial charge in [0.25, 0.3) is 0 Å². The Morgan fingerprint density at radius 3 is 2.78 bits per heavy atom. The summed E-state index contributed by atoms with van der Waals surface area (Å²) >= 11 is 5.95. The summed E-state index contributed by atoms with van der Waals surface area (Å²) in [5.41, 5.74) is 0.913. The lowest BCUT2D eigenvalue weighted by Crippen LogP contribution is -2.27. The number of halogens is 1. The van der Waals surface area contributed by atoms with E-state index in [9.17, 15) is 4.79 Å². The zero-order valence-electron chi connectivity index (χ0n) is 10.6. The maximum atomic E-state index is 11.1. The van der Waals surface area contributed by atoms with Crippen molar-refractivity contribution in [3.05, 3.63) is 29.0 Å². The third-order valence-electron chi connectivity index (χ3n) is 3.11. The van der Waals surface area contributed by atoms with E-state index < -0.39 is 11.4 Å². The molecule has 5 heteroatoms. The average Bonchev–Trinajstić information content (AvgIpc) is 2.56. The van der Waals surface area contributed by atoms with Crippen molar-refractivity contribution in [1.29, 1.82) is 0 Å². The molecule has 18 heavy (non-hydrogen) atoms. The fraction of sp³-hybridized carbons (Fsp3) is 0.385. The molecule has 4 nitrogen and oxygen atoms in total.